The second kappa shape index (κ2) is 10.7. The number of rotatable bonds is 8. The number of amides is 1. The zero-order valence-electron chi connectivity index (χ0n) is 18.2. The first-order valence-electron chi connectivity index (χ1n) is 10.8. The van der Waals surface area contributed by atoms with Gasteiger partial charge in [0.25, 0.3) is 0 Å². The van der Waals surface area contributed by atoms with Gasteiger partial charge in [-0.15, -0.1) is 11.8 Å². The van der Waals surface area contributed by atoms with Crippen LogP contribution in [0, 0.1) is 0 Å². The summed E-state index contributed by atoms with van der Waals surface area (Å²) in [5.41, 5.74) is 3.80. The van der Waals surface area contributed by atoms with E-state index in [1.165, 1.54) is 16.7 Å². The molecule has 0 aromatic heterocycles. The van der Waals surface area contributed by atoms with Crippen LogP contribution in [-0.2, 0) is 14.3 Å². The molecule has 1 fully saturated rings. The lowest BCUT2D eigenvalue weighted by Crippen LogP contribution is -2.32. The van der Waals surface area contributed by atoms with Gasteiger partial charge >= 0.3 is 0 Å². The highest BCUT2D eigenvalue weighted by molar-refractivity contribution is 8.23. The maximum atomic E-state index is 12.8. The molecule has 3 nitrogen and oxygen atoms in total. The van der Waals surface area contributed by atoms with E-state index in [4.69, 9.17) is 17.0 Å². The van der Waals surface area contributed by atoms with Crippen LogP contribution < -0.4 is 0 Å². The van der Waals surface area contributed by atoms with Gasteiger partial charge < -0.3 is 4.74 Å². The fraction of sp³-hybridized carbons (Fsp3) is 0.308. The summed E-state index contributed by atoms with van der Waals surface area (Å²) >= 11 is 8.79. The predicted molar refractivity (Wildman–Crippen MR) is 140 cm³/mol. The summed E-state index contributed by atoms with van der Waals surface area (Å²) in [5.74, 6) is 2.74. The summed E-state index contributed by atoms with van der Waals surface area (Å²) in [7, 11) is 1.73. The number of thioether (sulfide) groups is 2. The first kappa shape index (κ1) is 23.1. The van der Waals surface area contributed by atoms with Crippen molar-refractivity contribution in [1.29, 1.82) is 0 Å². The second-order valence-corrected chi connectivity index (χ2v) is 10.7. The number of methoxy groups -OCH3 is 1. The molecule has 2 aliphatic rings. The Morgan fingerprint density at radius 3 is 2.22 bits per heavy atom. The van der Waals surface area contributed by atoms with E-state index < -0.39 is 0 Å². The van der Waals surface area contributed by atoms with Crippen molar-refractivity contribution in [2.75, 3.05) is 25.2 Å². The number of hydrogen-bond acceptors (Lipinski definition) is 5. The Morgan fingerprint density at radius 1 is 1.06 bits per heavy atom. The average Bonchev–Trinajstić information content (AvgIpc) is 3.29. The topological polar surface area (TPSA) is 29.5 Å². The Balaban J connectivity index is 1.70. The smallest absolute Gasteiger partial charge is 0.228 e. The van der Waals surface area contributed by atoms with E-state index in [9.17, 15) is 4.79 Å². The predicted octanol–water partition coefficient (Wildman–Crippen LogP) is 6.16. The molecule has 1 aliphatic carbocycles. The van der Waals surface area contributed by atoms with Gasteiger partial charge in [-0.05, 0) is 29.2 Å². The Labute approximate surface area is 204 Å². The number of allylic oxidation sites excluding steroid dienone is 3. The highest BCUT2D eigenvalue weighted by atomic mass is 32.2. The summed E-state index contributed by atoms with van der Waals surface area (Å²) in [6.45, 7) is 0.727. The monoisotopic (exact) mass is 481 g/mol. The van der Waals surface area contributed by atoms with Crippen LogP contribution in [0.4, 0.5) is 0 Å². The third kappa shape index (κ3) is 4.82. The molecule has 0 spiro atoms. The molecule has 0 bridgehead atoms. The van der Waals surface area contributed by atoms with E-state index in [0.717, 1.165) is 30.9 Å². The molecule has 1 heterocycles. The molecule has 0 unspecified atom stereocenters. The number of benzene rings is 2. The van der Waals surface area contributed by atoms with Crippen LogP contribution in [0.3, 0.4) is 0 Å². The lowest BCUT2D eigenvalue weighted by atomic mass is 9.80. The van der Waals surface area contributed by atoms with Gasteiger partial charge in [0, 0.05) is 30.9 Å². The molecule has 1 aliphatic heterocycles. The van der Waals surface area contributed by atoms with Crippen molar-refractivity contribution in [1.82, 2.24) is 4.90 Å². The SMILES string of the molecule is COC1=CC=C(C(SCCC(=O)N2CCSC2=S)(c2ccccc2)c2ccccc2)CC1. The minimum absolute atomic E-state index is 0.127. The van der Waals surface area contributed by atoms with Crippen LogP contribution in [0.15, 0.2) is 84.1 Å². The third-order valence-electron chi connectivity index (χ3n) is 5.88. The van der Waals surface area contributed by atoms with Gasteiger partial charge in [0.05, 0.1) is 17.6 Å². The molecule has 166 valence electrons. The van der Waals surface area contributed by atoms with Crippen LogP contribution in [0.25, 0.3) is 0 Å². The Morgan fingerprint density at radius 2 is 1.72 bits per heavy atom. The van der Waals surface area contributed by atoms with Crippen molar-refractivity contribution in [3.8, 4) is 0 Å². The van der Waals surface area contributed by atoms with E-state index in [1.54, 1.807) is 23.8 Å². The van der Waals surface area contributed by atoms with E-state index in [0.29, 0.717) is 16.5 Å². The van der Waals surface area contributed by atoms with Gasteiger partial charge in [0.2, 0.25) is 5.91 Å². The molecule has 0 atom stereocenters. The zero-order valence-corrected chi connectivity index (χ0v) is 20.6. The maximum Gasteiger partial charge on any atom is 0.228 e. The highest BCUT2D eigenvalue weighted by Crippen LogP contribution is 2.51. The highest BCUT2D eigenvalue weighted by Gasteiger charge is 2.39. The van der Waals surface area contributed by atoms with E-state index in [1.807, 2.05) is 11.8 Å². The first-order valence-corrected chi connectivity index (χ1v) is 13.2. The standard InChI is InChI=1S/C26H27NO2S3/c1-29-23-14-12-22(13-15-23)26(20-8-4-2-5-9-20,21-10-6-3-7-11-21)32-18-16-24(28)27-17-19-31-25(27)30/h2-12,14H,13,15-19H2,1H3. The quantitative estimate of drug-likeness (QED) is 0.421. The zero-order chi connectivity index (χ0) is 22.4. The van der Waals surface area contributed by atoms with Gasteiger partial charge in [0.15, 0.2) is 0 Å². The molecule has 0 N–H and O–H groups in total. The maximum absolute atomic E-state index is 12.8. The fourth-order valence-electron chi connectivity index (χ4n) is 4.27. The van der Waals surface area contributed by atoms with Crippen LogP contribution in [-0.4, -0.2) is 40.3 Å². The average molecular weight is 482 g/mol. The summed E-state index contributed by atoms with van der Waals surface area (Å²) in [6.07, 6.45) is 6.56. The van der Waals surface area contributed by atoms with Gasteiger partial charge in [-0.1, -0.05) is 90.7 Å². The molecular weight excluding hydrogens is 454 g/mol. The largest absolute Gasteiger partial charge is 0.501 e. The molecular formula is C26H27NO2S3. The molecule has 1 saturated heterocycles. The van der Waals surface area contributed by atoms with Crippen LogP contribution in [0.2, 0.25) is 0 Å². The molecule has 0 radical (unpaired) electrons. The molecule has 4 rings (SSSR count). The number of ether oxygens (including phenoxy) is 1. The first-order chi connectivity index (χ1) is 15.6. The Bertz CT molecular complexity index is 978. The third-order valence-corrected chi connectivity index (χ3v) is 8.89. The number of carbonyl (C=O) groups is 1. The van der Waals surface area contributed by atoms with Crippen molar-refractivity contribution < 1.29 is 9.53 Å². The van der Waals surface area contributed by atoms with Crippen molar-refractivity contribution in [3.05, 3.63) is 95.3 Å². The van der Waals surface area contributed by atoms with E-state index in [2.05, 4.69) is 72.8 Å². The van der Waals surface area contributed by atoms with Gasteiger partial charge in [-0.2, -0.15) is 0 Å². The summed E-state index contributed by atoms with van der Waals surface area (Å²) in [4.78, 5) is 14.6. The van der Waals surface area contributed by atoms with E-state index >= 15 is 0 Å². The number of thiocarbonyl (C=S) groups is 1. The van der Waals surface area contributed by atoms with Crippen LogP contribution >= 0.6 is 35.7 Å². The number of nitrogens with zero attached hydrogens (tertiary/aromatic N) is 1. The molecule has 6 heteroatoms. The number of hydrogen-bond donors (Lipinski definition) is 0. The molecule has 2 aromatic rings. The van der Waals surface area contributed by atoms with Crippen molar-refractivity contribution >= 4 is 46.0 Å². The molecule has 0 saturated carbocycles. The van der Waals surface area contributed by atoms with Crippen LogP contribution in [0.1, 0.15) is 30.4 Å². The summed E-state index contributed by atoms with van der Waals surface area (Å²) in [5, 5.41) is 0. The summed E-state index contributed by atoms with van der Waals surface area (Å²) < 4.78 is 5.84. The minimum atomic E-state index is -0.362. The van der Waals surface area contributed by atoms with Crippen molar-refractivity contribution in [2.24, 2.45) is 0 Å². The Kier molecular flexibility index (Phi) is 7.76. The second-order valence-electron chi connectivity index (χ2n) is 7.70. The number of carbonyl (C=O) groups excluding carboxylic acids is 1. The van der Waals surface area contributed by atoms with Crippen molar-refractivity contribution in [3.63, 3.8) is 0 Å². The normalized spacial score (nSPS) is 16.5. The van der Waals surface area contributed by atoms with Crippen LogP contribution in [0.5, 0.6) is 0 Å². The van der Waals surface area contributed by atoms with Gasteiger partial charge in [-0.25, -0.2) is 0 Å². The fourth-order valence-corrected chi connectivity index (χ4v) is 7.05. The molecule has 2 aromatic carbocycles. The van der Waals surface area contributed by atoms with E-state index in [-0.39, 0.29) is 10.7 Å². The molecule has 32 heavy (non-hydrogen) atoms. The minimum Gasteiger partial charge on any atom is -0.501 e. The Hall–Kier alpha value is -2.02. The van der Waals surface area contributed by atoms with Gasteiger partial charge in [0.1, 0.15) is 4.32 Å². The van der Waals surface area contributed by atoms with Gasteiger partial charge in [-0.3, -0.25) is 9.69 Å². The lowest BCUT2D eigenvalue weighted by molar-refractivity contribution is -0.126. The lowest BCUT2D eigenvalue weighted by Gasteiger charge is -2.38. The molecule has 1 amide bonds. The van der Waals surface area contributed by atoms with Crippen molar-refractivity contribution in [2.45, 2.75) is 24.0 Å². The summed E-state index contributed by atoms with van der Waals surface area (Å²) in [6, 6.07) is 21.3.